The van der Waals surface area contributed by atoms with E-state index in [4.69, 9.17) is 9.90 Å². The van der Waals surface area contributed by atoms with E-state index in [2.05, 4.69) is 51.7 Å². The number of benzene rings is 4. The quantitative estimate of drug-likeness (QED) is 0.211. The van der Waals surface area contributed by atoms with Crippen LogP contribution in [0, 0.1) is 0 Å². The zero-order chi connectivity index (χ0) is 30.5. The van der Waals surface area contributed by atoms with Crippen LogP contribution in [0.15, 0.2) is 85.1 Å². The number of carboxylic acids is 1. The Bertz CT molecular complexity index is 1690. The van der Waals surface area contributed by atoms with Gasteiger partial charge in [-0.2, -0.15) is 0 Å². The molecule has 8 heteroatoms. The summed E-state index contributed by atoms with van der Waals surface area (Å²) in [5.41, 5.74) is 4.20. The van der Waals surface area contributed by atoms with Crippen LogP contribution in [-0.2, 0) is 14.4 Å². The topological polar surface area (TPSA) is 111 Å². The minimum Gasteiger partial charge on any atom is -0.481 e. The average Bonchev–Trinajstić information content (AvgIpc) is 3.70. The molecule has 2 fully saturated rings. The summed E-state index contributed by atoms with van der Waals surface area (Å²) in [6.45, 7) is 8.82. The normalized spacial score (nSPS) is 17.8. The number of anilines is 2. The minimum absolute atomic E-state index is 0.0297. The first-order valence-corrected chi connectivity index (χ1v) is 14.7. The summed E-state index contributed by atoms with van der Waals surface area (Å²) in [4.78, 5) is 38.0. The molecule has 8 nitrogen and oxygen atoms in total. The first-order chi connectivity index (χ1) is 20.7. The van der Waals surface area contributed by atoms with E-state index >= 15 is 0 Å². The third-order valence-electron chi connectivity index (χ3n) is 8.05. The van der Waals surface area contributed by atoms with Gasteiger partial charge in [-0.05, 0) is 72.8 Å². The maximum atomic E-state index is 13.7. The summed E-state index contributed by atoms with van der Waals surface area (Å²) in [6, 6.07) is 24.0. The monoisotopic (exact) mass is 578 g/mol. The number of fused-ring (bicyclic) bond motifs is 2. The second kappa shape index (κ2) is 13.1. The van der Waals surface area contributed by atoms with E-state index in [9.17, 15) is 9.59 Å². The number of hydrogen-bond donors (Lipinski definition) is 4. The van der Waals surface area contributed by atoms with Crippen LogP contribution in [0.3, 0.4) is 0 Å². The van der Waals surface area contributed by atoms with E-state index in [0.29, 0.717) is 0 Å². The molecule has 0 saturated carbocycles. The van der Waals surface area contributed by atoms with Crippen LogP contribution >= 0.6 is 0 Å². The van der Waals surface area contributed by atoms with Crippen LogP contribution in [0.5, 0.6) is 0 Å². The molecule has 2 aliphatic heterocycles. The molecule has 2 saturated heterocycles. The lowest BCUT2D eigenvalue weighted by molar-refractivity contribution is -0.134. The fraction of sp³-hybridized carbons (Fsp3) is 0.286. The van der Waals surface area contributed by atoms with Crippen molar-refractivity contribution in [2.45, 2.75) is 51.6 Å². The van der Waals surface area contributed by atoms with Gasteiger partial charge in [-0.15, -0.1) is 0 Å². The molecule has 0 radical (unpaired) electrons. The highest BCUT2D eigenvalue weighted by Crippen LogP contribution is 2.44. The fourth-order valence-corrected chi connectivity index (χ4v) is 6.13. The lowest BCUT2D eigenvalue weighted by atomic mass is 9.90. The standard InChI is InChI=1S/C33H34N4O2.C2H4O2/c1-21(2)37-20-8-14-29(37)33(39)36-27-18-16-23-10-4-6-12-25(23)31(27)30-24-11-5-3-9-22(24)15-17-26(30)35-32(38)28-13-7-19-34-28;1-2(3)4/h3-6,9-12,15-18,28-29,34H,1,7-8,13-14,19-20H2,2H3,(H,35,38)(H,36,39);1H3,(H,3,4)/t28-,29-;/m0./s1. The predicted octanol–water partition coefficient (Wildman–Crippen LogP) is 6.38. The molecule has 4 N–H and O–H groups in total. The van der Waals surface area contributed by atoms with Crippen LogP contribution in [-0.4, -0.2) is 53.0 Å². The van der Waals surface area contributed by atoms with Crippen LogP contribution in [0.2, 0.25) is 0 Å². The first-order valence-electron chi connectivity index (χ1n) is 14.7. The Morgan fingerprint density at radius 3 is 1.84 bits per heavy atom. The minimum atomic E-state index is -0.833. The maximum Gasteiger partial charge on any atom is 0.300 e. The van der Waals surface area contributed by atoms with E-state index in [-0.39, 0.29) is 23.9 Å². The van der Waals surface area contributed by atoms with Crippen molar-refractivity contribution in [3.05, 3.63) is 85.1 Å². The van der Waals surface area contributed by atoms with Crippen molar-refractivity contribution in [2.24, 2.45) is 0 Å². The number of likely N-dealkylation sites (tertiary alicyclic amines) is 1. The lowest BCUT2D eigenvalue weighted by Crippen LogP contribution is -2.38. The van der Waals surface area contributed by atoms with E-state index in [1.165, 1.54) is 0 Å². The molecule has 6 rings (SSSR count). The molecule has 2 aliphatic rings. The SMILES string of the molecule is C=C(C)N1CCC[C@H]1C(=O)Nc1ccc2ccccc2c1-c1c(NC(=O)[C@@H]2CCCN2)ccc2ccccc12.CC(=O)O. The average molecular weight is 579 g/mol. The van der Waals surface area contributed by atoms with Crippen LogP contribution in [0.1, 0.15) is 39.5 Å². The molecule has 2 heterocycles. The Labute approximate surface area is 251 Å². The van der Waals surface area contributed by atoms with Crippen LogP contribution in [0.4, 0.5) is 11.4 Å². The molecule has 0 aliphatic carbocycles. The van der Waals surface area contributed by atoms with Gasteiger partial charge in [-0.1, -0.05) is 67.2 Å². The first kappa shape index (κ1) is 29.8. The highest BCUT2D eigenvalue weighted by Gasteiger charge is 2.31. The Kier molecular flexibility index (Phi) is 9.07. The molecule has 43 heavy (non-hydrogen) atoms. The molecule has 4 aromatic carbocycles. The molecule has 2 amide bonds. The van der Waals surface area contributed by atoms with Crippen molar-refractivity contribution in [1.82, 2.24) is 10.2 Å². The maximum absolute atomic E-state index is 13.7. The highest BCUT2D eigenvalue weighted by atomic mass is 16.4. The van der Waals surface area contributed by atoms with Gasteiger partial charge >= 0.3 is 0 Å². The summed E-state index contributed by atoms with van der Waals surface area (Å²) in [5, 5.41) is 21.4. The number of rotatable bonds is 6. The number of nitrogens with one attached hydrogen (secondary N) is 3. The molecular weight excluding hydrogens is 540 g/mol. The zero-order valence-corrected chi connectivity index (χ0v) is 24.7. The van der Waals surface area contributed by atoms with Gasteiger partial charge in [-0.25, -0.2) is 0 Å². The molecule has 0 spiro atoms. The number of aliphatic carboxylic acids is 1. The number of carbonyl (C=O) groups is 3. The van der Waals surface area contributed by atoms with E-state index in [1.807, 2.05) is 55.5 Å². The summed E-state index contributed by atoms with van der Waals surface area (Å²) in [6.07, 6.45) is 3.57. The van der Waals surface area contributed by atoms with Crippen LogP contribution < -0.4 is 16.0 Å². The van der Waals surface area contributed by atoms with Crippen molar-refractivity contribution in [3.63, 3.8) is 0 Å². The van der Waals surface area contributed by atoms with Crippen LogP contribution in [0.25, 0.3) is 32.7 Å². The van der Waals surface area contributed by atoms with Gasteiger partial charge in [0.1, 0.15) is 6.04 Å². The Morgan fingerprint density at radius 2 is 1.33 bits per heavy atom. The van der Waals surface area contributed by atoms with Gasteiger partial charge in [0.05, 0.1) is 6.04 Å². The smallest absolute Gasteiger partial charge is 0.300 e. The van der Waals surface area contributed by atoms with Gasteiger partial charge in [-0.3, -0.25) is 14.4 Å². The van der Waals surface area contributed by atoms with Crippen molar-refractivity contribution in [1.29, 1.82) is 0 Å². The van der Waals surface area contributed by atoms with E-state index in [0.717, 1.165) is 95.4 Å². The second-order valence-corrected chi connectivity index (χ2v) is 11.2. The summed E-state index contributed by atoms with van der Waals surface area (Å²) in [5.74, 6) is -0.897. The number of carbonyl (C=O) groups excluding carboxylic acids is 2. The van der Waals surface area contributed by atoms with Gasteiger partial charge in [0.15, 0.2) is 0 Å². The van der Waals surface area contributed by atoms with Crippen molar-refractivity contribution >= 4 is 50.7 Å². The van der Waals surface area contributed by atoms with E-state index < -0.39 is 5.97 Å². The van der Waals surface area contributed by atoms with Crippen molar-refractivity contribution in [3.8, 4) is 11.1 Å². The third-order valence-corrected chi connectivity index (χ3v) is 8.05. The van der Waals surface area contributed by atoms with Gasteiger partial charge < -0.3 is 26.0 Å². The molecule has 0 bridgehead atoms. The highest BCUT2D eigenvalue weighted by molar-refractivity contribution is 6.17. The van der Waals surface area contributed by atoms with Gasteiger partial charge in [0.25, 0.3) is 5.97 Å². The Balaban J connectivity index is 0.000000868. The number of carboxylic acid groups (broad SMARTS) is 1. The molecule has 2 atom stereocenters. The molecular formula is C35H38N4O4. The number of amides is 2. The molecule has 4 aromatic rings. The van der Waals surface area contributed by atoms with E-state index in [1.54, 1.807) is 0 Å². The summed E-state index contributed by atoms with van der Waals surface area (Å²) >= 11 is 0. The lowest BCUT2D eigenvalue weighted by Gasteiger charge is -2.27. The molecule has 0 aromatic heterocycles. The van der Waals surface area contributed by atoms with Crippen molar-refractivity contribution in [2.75, 3.05) is 23.7 Å². The zero-order valence-electron chi connectivity index (χ0n) is 24.7. The largest absolute Gasteiger partial charge is 0.481 e. The number of allylic oxidation sites excluding steroid dienone is 1. The molecule has 222 valence electrons. The summed E-state index contributed by atoms with van der Waals surface area (Å²) < 4.78 is 0. The number of nitrogens with zero attached hydrogens (tertiary/aromatic N) is 1. The predicted molar refractivity (Wildman–Crippen MR) is 173 cm³/mol. The van der Waals surface area contributed by atoms with Gasteiger partial charge in [0.2, 0.25) is 11.8 Å². The Hall–Kier alpha value is -4.69. The second-order valence-electron chi connectivity index (χ2n) is 11.2. The third kappa shape index (κ3) is 6.54. The van der Waals surface area contributed by atoms with Crippen molar-refractivity contribution < 1.29 is 19.5 Å². The number of hydrogen-bond acceptors (Lipinski definition) is 5. The van der Waals surface area contributed by atoms with Gasteiger partial charge in [0, 0.05) is 41.7 Å². The fourth-order valence-electron chi connectivity index (χ4n) is 6.13. The molecule has 0 unspecified atom stereocenters. The Morgan fingerprint density at radius 1 is 0.791 bits per heavy atom. The summed E-state index contributed by atoms with van der Waals surface area (Å²) in [7, 11) is 0.